The second-order valence-corrected chi connectivity index (χ2v) is 5.95. The molecule has 1 aliphatic rings. The fourth-order valence-corrected chi connectivity index (χ4v) is 2.74. The van der Waals surface area contributed by atoms with Crippen molar-refractivity contribution in [3.63, 3.8) is 0 Å². The number of carbonyl (C=O) groups is 1. The first kappa shape index (κ1) is 14.3. The van der Waals surface area contributed by atoms with E-state index in [1.165, 1.54) is 11.1 Å². The molecule has 2 heteroatoms. The molecule has 1 fully saturated rings. The largest absolute Gasteiger partial charge is 0.299 e. The topological polar surface area (TPSA) is 20.3 Å². The van der Waals surface area contributed by atoms with Gasteiger partial charge in [0, 0.05) is 32.0 Å². The van der Waals surface area contributed by atoms with Crippen molar-refractivity contribution in [2.75, 3.05) is 13.1 Å². The van der Waals surface area contributed by atoms with E-state index in [9.17, 15) is 4.79 Å². The van der Waals surface area contributed by atoms with Crippen molar-refractivity contribution < 1.29 is 4.79 Å². The van der Waals surface area contributed by atoms with Crippen LogP contribution in [-0.2, 0) is 11.3 Å². The van der Waals surface area contributed by atoms with Gasteiger partial charge in [-0.3, -0.25) is 9.69 Å². The molecule has 0 radical (unpaired) electrons. The number of piperidine rings is 1. The summed E-state index contributed by atoms with van der Waals surface area (Å²) >= 11 is 0. The van der Waals surface area contributed by atoms with Crippen molar-refractivity contribution in [1.29, 1.82) is 0 Å². The molecule has 1 atom stereocenters. The third kappa shape index (κ3) is 3.66. The Morgan fingerprint density at radius 3 is 2.53 bits per heavy atom. The molecule has 1 aliphatic heterocycles. The summed E-state index contributed by atoms with van der Waals surface area (Å²) in [6, 6.07) is 8.91. The van der Waals surface area contributed by atoms with Crippen LogP contribution >= 0.6 is 0 Å². The predicted molar refractivity (Wildman–Crippen MR) is 79.2 cm³/mol. The Hall–Kier alpha value is -1.15. The minimum absolute atomic E-state index is 0.253. The highest BCUT2D eigenvalue weighted by Crippen LogP contribution is 2.20. The molecule has 0 N–H and O–H groups in total. The molecule has 1 aromatic rings. The molecule has 0 spiro atoms. The second kappa shape index (κ2) is 6.33. The highest BCUT2D eigenvalue weighted by atomic mass is 16.1. The van der Waals surface area contributed by atoms with E-state index in [0.29, 0.717) is 11.7 Å². The van der Waals surface area contributed by atoms with Gasteiger partial charge in [0.15, 0.2) is 0 Å². The molecule has 1 unspecified atom stereocenters. The molecule has 0 aromatic heterocycles. The van der Waals surface area contributed by atoms with E-state index in [4.69, 9.17) is 0 Å². The summed E-state index contributed by atoms with van der Waals surface area (Å²) in [5, 5.41) is 0. The molecule has 104 valence electrons. The fourth-order valence-electron chi connectivity index (χ4n) is 2.74. The third-order valence-electron chi connectivity index (χ3n) is 4.15. The minimum atomic E-state index is 0.253. The number of ketones is 1. The minimum Gasteiger partial charge on any atom is -0.299 e. The van der Waals surface area contributed by atoms with Crippen LogP contribution in [0.2, 0.25) is 0 Å². The van der Waals surface area contributed by atoms with Crippen LogP contribution in [0.15, 0.2) is 24.3 Å². The highest BCUT2D eigenvalue weighted by molar-refractivity contribution is 5.82. The average Bonchev–Trinajstić information content (AvgIpc) is 2.41. The van der Waals surface area contributed by atoms with E-state index in [2.05, 4.69) is 49.9 Å². The molecule has 19 heavy (non-hydrogen) atoms. The molecule has 0 amide bonds. The summed E-state index contributed by atoms with van der Waals surface area (Å²) in [4.78, 5) is 14.1. The van der Waals surface area contributed by atoms with Gasteiger partial charge in [-0.25, -0.2) is 0 Å². The lowest BCUT2D eigenvalue weighted by Gasteiger charge is -2.31. The van der Waals surface area contributed by atoms with Crippen LogP contribution < -0.4 is 0 Å². The van der Waals surface area contributed by atoms with E-state index in [1.54, 1.807) is 0 Å². The van der Waals surface area contributed by atoms with Crippen molar-refractivity contribution in [2.45, 2.75) is 46.1 Å². The quantitative estimate of drug-likeness (QED) is 0.823. The number of Topliss-reactive ketones (excluding diaryl/α,β-unsaturated/α-hetero) is 1. The number of carbonyl (C=O) groups excluding carboxylic acids is 1. The van der Waals surface area contributed by atoms with Crippen LogP contribution in [0.5, 0.6) is 0 Å². The molecular weight excluding hydrogens is 234 g/mol. The lowest BCUT2D eigenvalue weighted by atomic mass is 9.93. The Kier molecular flexibility index (Phi) is 4.76. The molecular formula is C17H25NO. The van der Waals surface area contributed by atoms with Gasteiger partial charge in [-0.1, -0.05) is 45.0 Å². The van der Waals surface area contributed by atoms with E-state index >= 15 is 0 Å². The first-order valence-corrected chi connectivity index (χ1v) is 7.44. The van der Waals surface area contributed by atoms with Gasteiger partial charge in [0.2, 0.25) is 0 Å². The van der Waals surface area contributed by atoms with Gasteiger partial charge in [0.1, 0.15) is 5.78 Å². The van der Waals surface area contributed by atoms with Crippen LogP contribution in [0.3, 0.4) is 0 Å². The van der Waals surface area contributed by atoms with Gasteiger partial charge in [0.25, 0.3) is 0 Å². The molecule has 1 aromatic carbocycles. The SMILES string of the molecule is CCC1CN(Cc2ccc(C(C)C)cc2)CCC1=O. The van der Waals surface area contributed by atoms with E-state index < -0.39 is 0 Å². The van der Waals surface area contributed by atoms with Crippen molar-refractivity contribution in [3.8, 4) is 0 Å². The van der Waals surface area contributed by atoms with Crippen LogP contribution in [0, 0.1) is 5.92 Å². The van der Waals surface area contributed by atoms with Crippen molar-refractivity contribution in [2.24, 2.45) is 5.92 Å². The lowest BCUT2D eigenvalue weighted by Crippen LogP contribution is -2.40. The Bertz CT molecular complexity index is 421. The van der Waals surface area contributed by atoms with Crippen LogP contribution in [0.4, 0.5) is 0 Å². The summed E-state index contributed by atoms with van der Waals surface area (Å²) in [5.41, 5.74) is 2.75. The predicted octanol–water partition coefficient (Wildman–Crippen LogP) is 3.61. The smallest absolute Gasteiger partial charge is 0.138 e. The van der Waals surface area contributed by atoms with Gasteiger partial charge < -0.3 is 0 Å². The number of likely N-dealkylation sites (tertiary alicyclic amines) is 1. The number of benzene rings is 1. The maximum absolute atomic E-state index is 11.7. The van der Waals surface area contributed by atoms with Crippen molar-refractivity contribution in [1.82, 2.24) is 4.90 Å². The number of hydrogen-bond donors (Lipinski definition) is 0. The zero-order chi connectivity index (χ0) is 13.8. The van der Waals surface area contributed by atoms with Crippen LogP contribution in [0.1, 0.15) is 50.7 Å². The molecule has 0 bridgehead atoms. The monoisotopic (exact) mass is 259 g/mol. The number of hydrogen-bond acceptors (Lipinski definition) is 2. The molecule has 2 rings (SSSR count). The molecule has 1 heterocycles. The van der Waals surface area contributed by atoms with Gasteiger partial charge in [-0.2, -0.15) is 0 Å². The normalized spacial score (nSPS) is 21.1. The third-order valence-corrected chi connectivity index (χ3v) is 4.15. The molecule has 0 aliphatic carbocycles. The van der Waals surface area contributed by atoms with Crippen molar-refractivity contribution in [3.05, 3.63) is 35.4 Å². The average molecular weight is 259 g/mol. The fraction of sp³-hybridized carbons (Fsp3) is 0.588. The summed E-state index contributed by atoms with van der Waals surface area (Å²) in [6.07, 6.45) is 1.70. The molecule has 2 nitrogen and oxygen atoms in total. The van der Waals surface area contributed by atoms with Crippen LogP contribution in [0.25, 0.3) is 0 Å². The Morgan fingerprint density at radius 2 is 1.95 bits per heavy atom. The van der Waals surface area contributed by atoms with Crippen molar-refractivity contribution >= 4 is 5.78 Å². The second-order valence-electron chi connectivity index (χ2n) is 5.95. The Morgan fingerprint density at radius 1 is 1.26 bits per heavy atom. The summed E-state index contributed by atoms with van der Waals surface area (Å²) in [7, 11) is 0. The number of rotatable bonds is 4. The maximum Gasteiger partial charge on any atom is 0.138 e. The van der Waals surface area contributed by atoms with Gasteiger partial charge in [0.05, 0.1) is 0 Å². The summed E-state index contributed by atoms with van der Waals surface area (Å²) in [5.74, 6) is 1.30. The highest BCUT2D eigenvalue weighted by Gasteiger charge is 2.25. The first-order valence-electron chi connectivity index (χ1n) is 7.44. The Labute approximate surface area is 116 Å². The first-order chi connectivity index (χ1) is 9.10. The molecule has 1 saturated heterocycles. The zero-order valence-electron chi connectivity index (χ0n) is 12.4. The zero-order valence-corrected chi connectivity index (χ0v) is 12.4. The van der Waals surface area contributed by atoms with Gasteiger partial charge in [-0.05, 0) is 23.5 Å². The van der Waals surface area contributed by atoms with Gasteiger partial charge >= 0.3 is 0 Å². The van der Waals surface area contributed by atoms with Crippen LogP contribution in [-0.4, -0.2) is 23.8 Å². The number of nitrogens with zero attached hydrogens (tertiary/aromatic N) is 1. The summed E-state index contributed by atoms with van der Waals surface area (Å²) in [6.45, 7) is 9.38. The molecule has 0 saturated carbocycles. The lowest BCUT2D eigenvalue weighted by molar-refractivity contribution is -0.126. The van der Waals surface area contributed by atoms with E-state index in [0.717, 1.165) is 32.5 Å². The standard InChI is InChI=1S/C17H25NO/c1-4-15-12-18(10-9-17(15)19)11-14-5-7-16(8-6-14)13(2)3/h5-8,13,15H,4,9-12H2,1-3H3. The van der Waals surface area contributed by atoms with E-state index in [-0.39, 0.29) is 5.92 Å². The van der Waals surface area contributed by atoms with Gasteiger partial charge in [-0.15, -0.1) is 0 Å². The van der Waals surface area contributed by atoms with E-state index in [1.807, 2.05) is 0 Å². The Balaban J connectivity index is 1.95. The maximum atomic E-state index is 11.7. The summed E-state index contributed by atoms with van der Waals surface area (Å²) < 4.78 is 0.